The Labute approximate surface area is 184 Å². The van der Waals surface area contributed by atoms with Crippen LogP contribution in [0, 0.1) is 18.8 Å². The molecule has 1 aromatic carbocycles. The predicted molar refractivity (Wildman–Crippen MR) is 112 cm³/mol. The lowest BCUT2D eigenvalue weighted by atomic mass is 9.88. The molecule has 2 saturated heterocycles. The van der Waals surface area contributed by atoms with Crippen molar-refractivity contribution in [1.82, 2.24) is 14.8 Å². The number of alkyl halides is 3. The number of amides is 1. The lowest BCUT2D eigenvalue weighted by Crippen LogP contribution is -2.39. The first-order chi connectivity index (χ1) is 15.1. The number of carboxylic acid groups (broad SMARTS) is 1. The van der Waals surface area contributed by atoms with Crippen LogP contribution in [0.15, 0.2) is 48.8 Å². The minimum atomic E-state index is -5.08. The molecule has 32 heavy (non-hydrogen) atoms. The molecular formula is C23H26F3N3O3. The number of fused-ring (bicyclic) bond motifs is 1. The summed E-state index contributed by atoms with van der Waals surface area (Å²) < 4.78 is 31.7. The summed E-state index contributed by atoms with van der Waals surface area (Å²) in [7, 11) is 0. The monoisotopic (exact) mass is 449 g/mol. The van der Waals surface area contributed by atoms with Gasteiger partial charge in [0.1, 0.15) is 0 Å². The first-order valence-electron chi connectivity index (χ1n) is 10.4. The first kappa shape index (κ1) is 23.7. The van der Waals surface area contributed by atoms with Gasteiger partial charge in [0.05, 0.1) is 0 Å². The molecule has 172 valence electrons. The van der Waals surface area contributed by atoms with Gasteiger partial charge in [0.15, 0.2) is 0 Å². The Morgan fingerprint density at radius 2 is 1.62 bits per heavy atom. The number of carbonyl (C=O) groups is 2. The first-order valence-corrected chi connectivity index (χ1v) is 10.4. The van der Waals surface area contributed by atoms with E-state index in [-0.39, 0.29) is 5.91 Å². The van der Waals surface area contributed by atoms with Crippen molar-refractivity contribution in [3.63, 3.8) is 0 Å². The molecule has 0 aliphatic carbocycles. The SMILES string of the molecule is Cc1ccc(C(=O)N2C[C@H]3CN(Cc4ccncc4)CC[C@H]3C2)cc1.O=C(O)C(F)(F)F. The maximum absolute atomic E-state index is 12.8. The third-order valence-corrected chi connectivity index (χ3v) is 5.87. The molecule has 2 fully saturated rings. The van der Waals surface area contributed by atoms with E-state index in [1.807, 2.05) is 36.7 Å². The van der Waals surface area contributed by atoms with Gasteiger partial charge in [-0.05, 0) is 61.6 Å². The molecule has 9 heteroatoms. The van der Waals surface area contributed by atoms with Gasteiger partial charge in [-0.1, -0.05) is 17.7 Å². The molecule has 2 aromatic rings. The smallest absolute Gasteiger partial charge is 0.475 e. The topological polar surface area (TPSA) is 73.7 Å². The van der Waals surface area contributed by atoms with Gasteiger partial charge in [0.2, 0.25) is 0 Å². The Morgan fingerprint density at radius 1 is 1.03 bits per heavy atom. The van der Waals surface area contributed by atoms with Crippen molar-refractivity contribution in [2.75, 3.05) is 26.2 Å². The Morgan fingerprint density at radius 3 is 2.22 bits per heavy atom. The predicted octanol–water partition coefficient (Wildman–Crippen LogP) is 3.62. The zero-order valence-corrected chi connectivity index (χ0v) is 17.8. The van der Waals surface area contributed by atoms with Gasteiger partial charge >= 0.3 is 12.1 Å². The fraction of sp³-hybridized carbons (Fsp3) is 0.435. The number of benzene rings is 1. The summed E-state index contributed by atoms with van der Waals surface area (Å²) in [4.78, 5) is 30.4. The molecule has 1 aromatic heterocycles. The zero-order valence-electron chi connectivity index (χ0n) is 17.8. The van der Waals surface area contributed by atoms with E-state index in [4.69, 9.17) is 9.90 Å². The molecular weight excluding hydrogens is 423 g/mol. The van der Waals surface area contributed by atoms with E-state index in [1.165, 1.54) is 17.5 Å². The van der Waals surface area contributed by atoms with Crippen LogP contribution >= 0.6 is 0 Å². The summed E-state index contributed by atoms with van der Waals surface area (Å²) in [6.07, 6.45) is -0.174. The Hall–Kier alpha value is -2.94. The van der Waals surface area contributed by atoms with Crippen LogP contribution < -0.4 is 0 Å². The van der Waals surface area contributed by atoms with E-state index < -0.39 is 12.1 Å². The second-order valence-corrected chi connectivity index (χ2v) is 8.28. The maximum Gasteiger partial charge on any atom is 0.490 e. The van der Waals surface area contributed by atoms with Crippen LogP contribution in [0.5, 0.6) is 0 Å². The van der Waals surface area contributed by atoms with Gasteiger partial charge < -0.3 is 10.0 Å². The summed E-state index contributed by atoms with van der Waals surface area (Å²) in [5, 5.41) is 7.12. The van der Waals surface area contributed by atoms with Crippen molar-refractivity contribution >= 4 is 11.9 Å². The van der Waals surface area contributed by atoms with Crippen molar-refractivity contribution in [3.05, 3.63) is 65.5 Å². The number of aromatic nitrogens is 1. The highest BCUT2D eigenvalue weighted by Crippen LogP contribution is 2.32. The molecule has 0 radical (unpaired) electrons. The number of rotatable bonds is 3. The van der Waals surface area contributed by atoms with Gasteiger partial charge in [0, 0.05) is 44.1 Å². The lowest BCUT2D eigenvalue weighted by molar-refractivity contribution is -0.192. The average Bonchev–Trinajstić information content (AvgIpc) is 3.18. The van der Waals surface area contributed by atoms with Crippen LogP contribution in [0.1, 0.15) is 27.9 Å². The molecule has 1 N–H and O–H groups in total. The third kappa shape index (κ3) is 6.29. The molecule has 4 rings (SSSR count). The lowest BCUT2D eigenvalue weighted by Gasteiger charge is -2.34. The molecule has 0 unspecified atom stereocenters. The van der Waals surface area contributed by atoms with E-state index in [1.54, 1.807) is 0 Å². The van der Waals surface area contributed by atoms with Crippen molar-refractivity contribution in [2.24, 2.45) is 11.8 Å². The maximum atomic E-state index is 12.8. The molecule has 3 heterocycles. The Bertz CT molecular complexity index is 920. The number of carboxylic acids is 1. The van der Waals surface area contributed by atoms with Gasteiger partial charge in [-0.3, -0.25) is 14.7 Å². The van der Waals surface area contributed by atoms with E-state index in [9.17, 15) is 18.0 Å². The highest BCUT2D eigenvalue weighted by Gasteiger charge is 2.39. The largest absolute Gasteiger partial charge is 0.490 e. The van der Waals surface area contributed by atoms with Gasteiger partial charge in [0.25, 0.3) is 5.91 Å². The quantitative estimate of drug-likeness (QED) is 0.775. The second kappa shape index (κ2) is 10.1. The average molecular weight is 449 g/mol. The fourth-order valence-electron chi connectivity index (χ4n) is 4.18. The van der Waals surface area contributed by atoms with E-state index in [2.05, 4.69) is 33.8 Å². The Kier molecular flexibility index (Phi) is 7.50. The van der Waals surface area contributed by atoms with Crippen LogP contribution in [0.4, 0.5) is 13.2 Å². The van der Waals surface area contributed by atoms with Crippen LogP contribution in [0.2, 0.25) is 0 Å². The molecule has 1 amide bonds. The van der Waals surface area contributed by atoms with Crippen molar-refractivity contribution in [1.29, 1.82) is 0 Å². The number of hydrogen-bond donors (Lipinski definition) is 1. The molecule has 2 aliphatic heterocycles. The number of hydrogen-bond acceptors (Lipinski definition) is 4. The zero-order chi connectivity index (χ0) is 23.3. The van der Waals surface area contributed by atoms with Gasteiger partial charge in [-0.2, -0.15) is 13.2 Å². The normalized spacial score (nSPS) is 20.8. The number of carbonyl (C=O) groups excluding carboxylic acids is 1. The number of halogens is 3. The van der Waals surface area contributed by atoms with Crippen LogP contribution in [-0.4, -0.2) is 64.1 Å². The number of piperidine rings is 1. The number of likely N-dealkylation sites (tertiary alicyclic amines) is 2. The highest BCUT2D eigenvalue weighted by atomic mass is 19.4. The summed E-state index contributed by atoms with van der Waals surface area (Å²) in [5.74, 6) is -1.31. The molecule has 0 saturated carbocycles. The summed E-state index contributed by atoms with van der Waals surface area (Å²) >= 11 is 0. The minimum Gasteiger partial charge on any atom is -0.475 e. The van der Waals surface area contributed by atoms with E-state index in [0.717, 1.165) is 38.3 Å². The second-order valence-electron chi connectivity index (χ2n) is 8.28. The Balaban J connectivity index is 0.000000360. The van der Waals surface area contributed by atoms with Gasteiger partial charge in [-0.15, -0.1) is 0 Å². The third-order valence-electron chi connectivity index (χ3n) is 5.87. The highest BCUT2D eigenvalue weighted by molar-refractivity contribution is 5.94. The standard InChI is InChI=1S/C21H25N3O.C2HF3O2/c1-16-2-4-18(5-3-16)21(25)24-14-19-8-11-23(13-20(19)15-24)12-17-6-9-22-10-7-17;3-2(4,5)1(6)7/h2-7,9-10,19-20H,8,11-15H2,1H3;(H,6,7)/t19-,20+;/m0./s1. The molecule has 2 atom stereocenters. The summed E-state index contributed by atoms with van der Waals surface area (Å²) in [6, 6.07) is 12.1. The summed E-state index contributed by atoms with van der Waals surface area (Å²) in [5.41, 5.74) is 3.33. The fourth-order valence-corrected chi connectivity index (χ4v) is 4.18. The summed E-state index contributed by atoms with van der Waals surface area (Å²) in [6.45, 7) is 7.05. The van der Waals surface area contributed by atoms with Crippen molar-refractivity contribution in [3.8, 4) is 0 Å². The van der Waals surface area contributed by atoms with Crippen molar-refractivity contribution < 1.29 is 27.9 Å². The number of aryl methyl sites for hydroxylation is 1. The van der Waals surface area contributed by atoms with Crippen LogP contribution in [-0.2, 0) is 11.3 Å². The minimum absolute atomic E-state index is 0.190. The van der Waals surface area contributed by atoms with Crippen LogP contribution in [0.25, 0.3) is 0 Å². The molecule has 0 spiro atoms. The van der Waals surface area contributed by atoms with E-state index in [0.29, 0.717) is 11.8 Å². The molecule has 6 nitrogen and oxygen atoms in total. The van der Waals surface area contributed by atoms with Crippen molar-refractivity contribution in [2.45, 2.75) is 26.1 Å². The van der Waals surface area contributed by atoms with E-state index >= 15 is 0 Å². The number of nitrogens with zero attached hydrogens (tertiary/aromatic N) is 3. The number of pyridine rings is 1. The molecule has 0 bridgehead atoms. The van der Waals surface area contributed by atoms with Gasteiger partial charge in [-0.25, -0.2) is 4.79 Å². The van der Waals surface area contributed by atoms with Crippen LogP contribution in [0.3, 0.4) is 0 Å². The molecule has 2 aliphatic rings. The number of aliphatic carboxylic acids is 1.